The largest absolute Gasteiger partial charge is 0.278 e. The van der Waals surface area contributed by atoms with Crippen molar-refractivity contribution < 1.29 is 14.5 Å². The van der Waals surface area contributed by atoms with E-state index in [-0.39, 0.29) is 23.5 Å². The first kappa shape index (κ1) is 19.2. The zero-order valence-electron chi connectivity index (χ0n) is 16.2. The van der Waals surface area contributed by atoms with Crippen LogP contribution in [-0.4, -0.2) is 38.7 Å². The Balaban J connectivity index is 1.69. The molecule has 2 aromatic rings. The molecule has 1 N–H and O–H groups in total. The third-order valence-electron chi connectivity index (χ3n) is 5.53. The molecule has 2 aromatic carbocycles. The number of nitrogens with zero attached hydrogens (tertiary/aromatic N) is 3. The quantitative estimate of drug-likeness (QED) is 0.475. The van der Waals surface area contributed by atoms with Gasteiger partial charge in [0.15, 0.2) is 0 Å². The Morgan fingerprint density at radius 1 is 1.03 bits per heavy atom. The summed E-state index contributed by atoms with van der Waals surface area (Å²) in [4.78, 5) is 38.1. The first-order chi connectivity index (χ1) is 13.9. The highest BCUT2D eigenvalue weighted by molar-refractivity contribution is 6.08. The van der Waals surface area contributed by atoms with Crippen molar-refractivity contribution in [2.24, 2.45) is 5.92 Å². The van der Waals surface area contributed by atoms with Crippen molar-refractivity contribution in [1.29, 1.82) is 0 Å². The number of benzene rings is 2. The monoisotopic (exact) mass is 394 g/mol. The molecule has 0 bridgehead atoms. The molecule has 29 heavy (non-hydrogen) atoms. The summed E-state index contributed by atoms with van der Waals surface area (Å²) in [6.45, 7) is 4.12. The number of hydrogen-bond donors (Lipinski definition) is 1. The number of hydrogen-bond acceptors (Lipinski definition) is 6. The van der Waals surface area contributed by atoms with E-state index < -0.39 is 22.9 Å². The molecular formula is C21H22N4O4. The molecule has 0 saturated carbocycles. The van der Waals surface area contributed by atoms with E-state index in [1.165, 1.54) is 17.0 Å². The van der Waals surface area contributed by atoms with Crippen LogP contribution < -0.4 is 5.43 Å². The Kier molecular flexibility index (Phi) is 4.89. The zero-order valence-corrected chi connectivity index (χ0v) is 16.2. The molecule has 3 atom stereocenters. The van der Waals surface area contributed by atoms with Gasteiger partial charge in [-0.3, -0.25) is 24.6 Å². The first-order valence-corrected chi connectivity index (χ1v) is 9.56. The van der Waals surface area contributed by atoms with Crippen LogP contribution in [0.4, 0.5) is 5.69 Å². The summed E-state index contributed by atoms with van der Waals surface area (Å²) < 4.78 is 0. The summed E-state index contributed by atoms with van der Waals surface area (Å²) >= 11 is 0. The highest BCUT2D eigenvalue weighted by Crippen LogP contribution is 2.41. The van der Waals surface area contributed by atoms with E-state index in [9.17, 15) is 19.7 Å². The van der Waals surface area contributed by atoms with Gasteiger partial charge >= 0.3 is 0 Å². The van der Waals surface area contributed by atoms with Crippen LogP contribution >= 0.6 is 0 Å². The molecule has 0 aliphatic carbocycles. The molecule has 8 heteroatoms. The number of carbonyl (C=O) groups is 2. The molecule has 2 aliphatic heterocycles. The molecule has 0 radical (unpaired) electrons. The van der Waals surface area contributed by atoms with Crippen LogP contribution in [-0.2, 0) is 16.1 Å². The van der Waals surface area contributed by atoms with E-state index >= 15 is 0 Å². The van der Waals surface area contributed by atoms with E-state index in [0.717, 1.165) is 11.1 Å². The van der Waals surface area contributed by atoms with Gasteiger partial charge in [0.25, 0.3) is 5.69 Å². The summed E-state index contributed by atoms with van der Waals surface area (Å²) in [5.74, 6) is -0.987. The second-order valence-corrected chi connectivity index (χ2v) is 7.68. The number of nitrogens with one attached hydrogen (secondary N) is 1. The maximum Gasteiger partial charge on any atom is 0.269 e. The van der Waals surface area contributed by atoms with E-state index in [0.29, 0.717) is 6.54 Å². The first-order valence-electron chi connectivity index (χ1n) is 9.56. The molecule has 2 amide bonds. The normalized spacial score (nSPS) is 24.4. The van der Waals surface area contributed by atoms with Crippen molar-refractivity contribution in [3.8, 4) is 0 Å². The van der Waals surface area contributed by atoms with Gasteiger partial charge < -0.3 is 0 Å². The highest BCUT2D eigenvalue weighted by atomic mass is 16.6. The van der Waals surface area contributed by atoms with Gasteiger partial charge in [-0.25, -0.2) is 10.4 Å². The molecule has 150 valence electrons. The third-order valence-corrected chi connectivity index (χ3v) is 5.53. The summed E-state index contributed by atoms with van der Waals surface area (Å²) in [5, 5.41) is 12.8. The standard InChI is InChI=1S/C21H22N4O4/c1-13(2)24-20(26)17-18(15-8-10-16(11-9-15)25(28)29)22-23(19(17)21(24)27)12-14-6-4-3-5-7-14/h3-11,13,17-19,22H,12H2,1-2H3/t17-,18-,19-/m1/s1. The number of likely N-dealkylation sites (tertiary alicyclic amines) is 1. The van der Waals surface area contributed by atoms with E-state index in [4.69, 9.17) is 0 Å². The minimum Gasteiger partial charge on any atom is -0.278 e. The lowest BCUT2D eigenvalue weighted by molar-refractivity contribution is -0.384. The van der Waals surface area contributed by atoms with Gasteiger partial charge in [-0.15, -0.1) is 0 Å². The zero-order chi connectivity index (χ0) is 20.7. The number of carbonyl (C=O) groups excluding carboxylic acids is 2. The molecule has 8 nitrogen and oxygen atoms in total. The van der Waals surface area contributed by atoms with Gasteiger partial charge in [-0.05, 0) is 25.0 Å². The van der Waals surface area contributed by atoms with Crippen LogP contribution in [0.5, 0.6) is 0 Å². The van der Waals surface area contributed by atoms with Gasteiger partial charge in [0.1, 0.15) is 6.04 Å². The molecule has 4 rings (SSSR count). The van der Waals surface area contributed by atoms with Gasteiger partial charge in [0.2, 0.25) is 11.8 Å². The number of nitro groups is 1. The Labute approximate surface area is 168 Å². The average Bonchev–Trinajstić information content (AvgIpc) is 3.19. The number of hydrazine groups is 1. The molecule has 2 heterocycles. The van der Waals surface area contributed by atoms with Crippen molar-refractivity contribution in [1.82, 2.24) is 15.3 Å². The lowest BCUT2D eigenvalue weighted by atomic mass is 9.91. The van der Waals surface area contributed by atoms with Crippen molar-refractivity contribution in [3.63, 3.8) is 0 Å². The van der Waals surface area contributed by atoms with Crippen LogP contribution in [0.25, 0.3) is 0 Å². The Bertz CT molecular complexity index is 945. The molecule has 0 spiro atoms. The lowest BCUT2D eigenvalue weighted by Gasteiger charge is -2.26. The fourth-order valence-corrected chi connectivity index (χ4v) is 4.21. The molecule has 2 fully saturated rings. The predicted octanol–water partition coefficient (Wildman–Crippen LogP) is 2.42. The number of nitro benzene ring substituents is 1. The van der Waals surface area contributed by atoms with Crippen LogP contribution in [0.2, 0.25) is 0 Å². The van der Waals surface area contributed by atoms with Crippen molar-refractivity contribution in [2.75, 3.05) is 0 Å². The minimum absolute atomic E-state index is 0.0120. The van der Waals surface area contributed by atoms with Crippen LogP contribution in [0.1, 0.15) is 31.0 Å². The number of fused-ring (bicyclic) bond motifs is 1. The summed E-state index contributed by atoms with van der Waals surface area (Å²) in [5.41, 5.74) is 5.07. The number of rotatable bonds is 5. The molecule has 2 saturated heterocycles. The third kappa shape index (κ3) is 3.30. The molecule has 0 unspecified atom stereocenters. The molecule has 0 aromatic heterocycles. The van der Waals surface area contributed by atoms with Crippen molar-refractivity contribution in [3.05, 3.63) is 75.8 Å². The van der Waals surface area contributed by atoms with Gasteiger partial charge in [-0.1, -0.05) is 42.5 Å². The van der Waals surface area contributed by atoms with Crippen LogP contribution in [0.15, 0.2) is 54.6 Å². The van der Waals surface area contributed by atoms with Gasteiger partial charge in [-0.2, -0.15) is 0 Å². The number of amides is 2. The smallest absolute Gasteiger partial charge is 0.269 e. The highest BCUT2D eigenvalue weighted by Gasteiger charge is 2.58. The maximum absolute atomic E-state index is 13.1. The number of imide groups is 1. The summed E-state index contributed by atoms with van der Waals surface area (Å²) in [7, 11) is 0. The van der Waals surface area contributed by atoms with Crippen LogP contribution in [0.3, 0.4) is 0 Å². The average molecular weight is 394 g/mol. The fraction of sp³-hybridized carbons (Fsp3) is 0.333. The van der Waals surface area contributed by atoms with Crippen molar-refractivity contribution >= 4 is 17.5 Å². The lowest BCUT2D eigenvalue weighted by Crippen LogP contribution is -2.46. The minimum atomic E-state index is -0.606. The molecular weight excluding hydrogens is 372 g/mol. The Hall–Kier alpha value is -3.10. The topological polar surface area (TPSA) is 95.8 Å². The van der Waals surface area contributed by atoms with E-state index in [1.807, 2.05) is 49.2 Å². The Morgan fingerprint density at radius 3 is 2.28 bits per heavy atom. The predicted molar refractivity (Wildman–Crippen MR) is 105 cm³/mol. The summed E-state index contributed by atoms with van der Waals surface area (Å²) in [6, 6.07) is 14.6. The van der Waals surface area contributed by atoms with E-state index in [1.54, 1.807) is 12.1 Å². The number of non-ortho nitro benzene ring substituents is 1. The van der Waals surface area contributed by atoms with Gasteiger partial charge in [0, 0.05) is 24.7 Å². The summed E-state index contributed by atoms with van der Waals surface area (Å²) in [6.07, 6.45) is 0. The second-order valence-electron chi connectivity index (χ2n) is 7.68. The van der Waals surface area contributed by atoms with Gasteiger partial charge in [0.05, 0.1) is 16.9 Å². The molecule has 2 aliphatic rings. The Morgan fingerprint density at radius 2 is 1.69 bits per heavy atom. The van der Waals surface area contributed by atoms with Crippen LogP contribution in [0, 0.1) is 16.0 Å². The second kappa shape index (κ2) is 7.38. The maximum atomic E-state index is 13.1. The SMILES string of the molecule is CC(C)N1C(=O)[C@@H]2[C@@H](c3ccc([N+](=O)[O-])cc3)NN(Cc3ccccc3)[C@H]2C1=O. The fourth-order valence-electron chi connectivity index (χ4n) is 4.21. The van der Waals surface area contributed by atoms with E-state index in [2.05, 4.69) is 5.43 Å². The van der Waals surface area contributed by atoms with Crippen molar-refractivity contribution in [2.45, 2.75) is 38.5 Å².